The fourth-order valence-corrected chi connectivity index (χ4v) is 5.57. The number of carbonyl (C=O) groups is 2. The van der Waals surface area contributed by atoms with Crippen LogP contribution in [0.2, 0.25) is 0 Å². The molecule has 1 saturated heterocycles. The molecule has 6 nitrogen and oxygen atoms in total. The molecule has 0 spiro atoms. The molecule has 1 aromatic carbocycles. The molecule has 1 aromatic heterocycles. The zero-order valence-corrected chi connectivity index (χ0v) is 18.3. The first kappa shape index (κ1) is 20.9. The van der Waals surface area contributed by atoms with Crippen molar-refractivity contribution >= 4 is 33.9 Å². The van der Waals surface area contributed by atoms with Gasteiger partial charge in [0.25, 0.3) is 5.91 Å². The molecule has 2 heterocycles. The minimum absolute atomic E-state index is 0.208. The van der Waals surface area contributed by atoms with Crippen molar-refractivity contribution in [2.24, 2.45) is 0 Å². The van der Waals surface area contributed by atoms with E-state index in [-0.39, 0.29) is 11.9 Å². The molecule has 1 unspecified atom stereocenters. The summed E-state index contributed by atoms with van der Waals surface area (Å²) in [7, 11) is 0. The second-order valence-corrected chi connectivity index (χ2v) is 8.86. The molecule has 0 bridgehead atoms. The number of esters is 1. The Balaban J connectivity index is 1.56. The van der Waals surface area contributed by atoms with E-state index in [2.05, 4.69) is 17.1 Å². The van der Waals surface area contributed by atoms with Crippen LogP contribution < -0.4 is 10.2 Å². The van der Waals surface area contributed by atoms with Gasteiger partial charge in [0.05, 0.1) is 25.4 Å². The van der Waals surface area contributed by atoms with Crippen LogP contribution in [0.5, 0.6) is 0 Å². The zero-order chi connectivity index (χ0) is 21.1. The lowest BCUT2D eigenvalue weighted by atomic mass is 9.86. The average molecular weight is 429 g/mol. The van der Waals surface area contributed by atoms with Crippen LogP contribution in [0.3, 0.4) is 0 Å². The van der Waals surface area contributed by atoms with Crippen LogP contribution in [-0.2, 0) is 15.9 Å². The molecule has 4 rings (SSSR count). The maximum absolute atomic E-state index is 12.9. The summed E-state index contributed by atoms with van der Waals surface area (Å²) in [6, 6.07) is 7.60. The minimum Gasteiger partial charge on any atom is -0.462 e. The monoisotopic (exact) mass is 428 g/mol. The topological polar surface area (TPSA) is 67.9 Å². The van der Waals surface area contributed by atoms with Crippen LogP contribution in [0, 0.1) is 0 Å². The SMILES string of the molecule is CCOC(=O)c1c(NC(=O)c2ccc(N3CCOCC3)cc2)sc2c1C(C)CCC2. The van der Waals surface area contributed by atoms with E-state index >= 15 is 0 Å². The summed E-state index contributed by atoms with van der Waals surface area (Å²) in [5.74, 6) is -0.259. The van der Waals surface area contributed by atoms with Crippen LogP contribution in [0.4, 0.5) is 10.7 Å². The lowest BCUT2D eigenvalue weighted by Crippen LogP contribution is -2.36. The maximum atomic E-state index is 12.9. The first-order valence-corrected chi connectivity index (χ1v) is 11.5. The second kappa shape index (κ2) is 9.18. The number of amides is 1. The Labute approximate surface area is 181 Å². The van der Waals surface area contributed by atoms with Crippen LogP contribution >= 0.6 is 11.3 Å². The largest absolute Gasteiger partial charge is 0.462 e. The number of rotatable bonds is 5. The highest BCUT2D eigenvalue weighted by molar-refractivity contribution is 7.17. The van der Waals surface area contributed by atoms with Crippen LogP contribution in [0.15, 0.2) is 24.3 Å². The molecule has 2 aromatic rings. The third-order valence-electron chi connectivity index (χ3n) is 5.77. The summed E-state index contributed by atoms with van der Waals surface area (Å²) < 4.78 is 10.7. The van der Waals surface area contributed by atoms with Gasteiger partial charge in [-0.1, -0.05) is 6.92 Å². The molecule has 160 valence electrons. The highest BCUT2D eigenvalue weighted by Gasteiger charge is 2.31. The smallest absolute Gasteiger partial charge is 0.341 e. The standard InChI is InChI=1S/C23H28N2O4S/c1-3-29-23(27)20-19-15(2)5-4-6-18(19)30-22(20)24-21(26)16-7-9-17(10-8-16)25-11-13-28-14-12-25/h7-10,15H,3-6,11-14H2,1-2H3,(H,24,26). The van der Waals surface area contributed by atoms with E-state index in [1.54, 1.807) is 6.92 Å². The van der Waals surface area contributed by atoms with Crippen molar-refractivity contribution in [2.45, 2.75) is 39.0 Å². The van der Waals surface area contributed by atoms with Gasteiger partial charge in [0.15, 0.2) is 0 Å². The fraction of sp³-hybridized carbons (Fsp3) is 0.478. The highest BCUT2D eigenvalue weighted by atomic mass is 32.1. The Morgan fingerprint density at radius 3 is 2.67 bits per heavy atom. The summed E-state index contributed by atoms with van der Waals surface area (Å²) >= 11 is 1.51. The van der Waals surface area contributed by atoms with Crippen LogP contribution in [0.1, 0.15) is 63.8 Å². The molecule has 1 N–H and O–H groups in total. The maximum Gasteiger partial charge on any atom is 0.341 e. The molecule has 1 atom stereocenters. The molecule has 0 radical (unpaired) electrons. The molecule has 30 heavy (non-hydrogen) atoms. The predicted octanol–water partition coefficient (Wildman–Crippen LogP) is 4.45. The van der Waals surface area contributed by atoms with Gasteiger partial charge in [0.2, 0.25) is 0 Å². The van der Waals surface area contributed by atoms with Gasteiger partial charge in [0, 0.05) is 29.2 Å². The number of benzene rings is 1. The van der Waals surface area contributed by atoms with E-state index in [1.165, 1.54) is 16.2 Å². The molecule has 1 amide bonds. The number of nitrogens with zero attached hydrogens (tertiary/aromatic N) is 1. The van der Waals surface area contributed by atoms with E-state index in [1.807, 2.05) is 24.3 Å². The minimum atomic E-state index is -0.346. The number of fused-ring (bicyclic) bond motifs is 1. The average Bonchev–Trinajstić information content (AvgIpc) is 3.14. The molecular weight excluding hydrogens is 400 g/mol. The van der Waals surface area contributed by atoms with Crippen molar-refractivity contribution in [1.29, 1.82) is 0 Å². The number of aryl methyl sites for hydroxylation is 1. The molecule has 1 aliphatic carbocycles. The predicted molar refractivity (Wildman–Crippen MR) is 119 cm³/mol. The van der Waals surface area contributed by atoms with E-state index in [0.29, 0.717) is 28.7 Å². The lowest BCUT2D eigenvalue weighted by Gasteiger charge is -2.28. The fourth-order valence-electron chi connectivity index (χ4n) is 4.23. The number of carbonyl (C=O) groups excluding carboxylic acids is 2. The van der Waals surface area contributed by atoms with Crippen molar-refractivity contribution in [1.82, 2.24) is 0 Å². The molecular formula is C23H28N2O4S. The Morgan fingerprint density at radius 2 is 1.97 bits per heavy atom. The first-order chi connectivity index (χ1) is 14.6. The third kappa shape index (κ3) is 4.23. The zero-order valence-electron chi connectivity index (χ0n) is 17.5. The van der Waals surface area contributed by atoms with Gasteiger partial charge in [0.1, 0.15) is 5.00 Å². The molecule has 0 saturated carbocycles. The van der Waals surface area contributed by atoms with Gasteiger partial charge in [-0.05, 0) is 61.9 Å². The Morgan fingerprint density at radius 1 is 1.23 bits per heavy atom. The van der Waals surface area contributed by atoms with Gasteiger partial charge in [-0.2, -0.15) is 0 Å². The van der Waals surface area contributed by atoms with Gasteiger partial charge in [-0.3, -0.25) is 4.79 Å². The molecule has 7 heteroatoms. The van der Waals surface area contributed by atoms with Crippen molar-refractivity contribution in [3.63, 3.8) is 0 Å². The van der Waals surface area contributed by atoms with Crippen LogP contribution in [0.25, 0.3) is 0 Å². The van der Waals surface area contributed by atoms with Crippen LogP contribution in [-0.4, -0.2) is 44.8 Å². The normalized spacial score (nSPS) is 18.6. The van der Waals surface area contributed by atoms with Crippen molar-refractivity contribution in [2.75, 3.05) is 43.1 Å². The molecule has 2 aliphatic rings. The highest BCUT2D eigenvalue weighted by Crippen LogP contribution is 2.43. The van der Waals surface area contributed by atoms with E-state index in [0.717, 1.165) is 56.8 Å². The Kier molecular flexibility index (Phi) is 6.39. The van der Waals surface area contributed by atoms with E-state index in [4.69, 9.17) is 9.47 Å². The molecule has 1 fully saturated rings. The summed E-state index contributed by atoms with van der Waals surface area (Å²) in [6.07, 6.45) is 3.10. The summed E-state index contributed by atoms with van der Waals surface area (Å²) in [5.41, 5.74) is 3.26. The third-order valence-corrected chi connectivity index (χ3v) is 6.95. The van der Waals surface area contributed by atoms with Crippen molar-refractivity contribution in [3.8, 4) is 0 Å². The molecule has 1 aliphatic heterocycles. The summed E-state index contributed by atoms with van der Waals surface area (Å²) in [6.45, 7) is 7.41. The number of ether oxygens (including phenoxy) is 2. The lowest BCUT2D eigenvalue weighted by molar-refractivity contribution is 0.0526. The number of hydrogen-bond acceptors (Lipinski definition) is 6. The van der Waals surface area contributed by atoms with Gasteiger partial charge in [-0.25, -0.2) is 4.79 Å². The Hall–Kier alpha value is -2.38. The van der Waals surface area contributed by atoms with Crippen molar-refractivity contribution in [3.05, 3.63) is 45.8 Å². The Bertz CT molecular complexity index is 916. The van der Waals surface area contributed by atoms with Gasteiger partial charge >= 0.3 is 5.97 Å². The summed E-state index contributed by atoms with van der Waals surface area (Å²) in [5, 5.41) is 3.59. The first-order valence-electron chi connectivity index (χ1n) is 10.6. The van der Waals surface area contributed by atoms with Crippen molar-refractivity contribution < 1.29 is 19.1 Å². The number of morpholine rings is 1. The van der Waals surface area contributed by atoms with Gasteiger partial charge in [-0.15, -0.1) is 11.3 Å². The number of thiophene rings is 1. The second-order valence-electron chi connectivity index (χ2n) is 7.76. The number of nitrogens with one attached hydrogen (secondary N) is 1. The van der Waals surface area contributed by atoms with E-state index < -0.39 is 0 Å². The van der Waals surface area contributed by atoms with Gasteiger partial charge < -0.3 is 19.7 Å². The number of anilines is 2. The quantitative estimate of drug-likeness (QED) is 0.713. The van der Waals surface area contributed by atoms with E-state index in [9.17, 15) is 9.59 Å². The summed E-state index contributed by atoms with van der Waals surface area (Å²) in [4.78, 5) is 29.1. The number of hydrogen-bond donors (Lipinski definition) is 1.